The fourth-order valence-corrected chi connectivity index (χ4v) is 1.52. The summed E-state index contributed by atoms with van der Waals surface area (Å²) in [5.74, 6) is 2.06. The van der Waals surface area contributed by atoms with Gasteiger partial charge in [-0.3, -0.25) is 0 Å². The zero-order valence-electron chi connectivity index (χ0n) is 11.6. The van der Waals surface area contributed by atoms with Crippen molar-refractivity contribution >= 4 is 11.4 Å². The van der Waals surface area contributed by atoms with Crippen molar-refractivity contribution in [1.82, 2.24) is 0 Å². The number of fused-ring (bicyclic) bond motifs is 1. The van der Waals surface area contributed by atoms with Crippen molar-refractivity contribution in [1.29, 1.82) is 0 Å². The summed E-state index contributed by atoms with van der Waals surface area (Å²) in [5, 5.41) is 0. The molecule has 3 heteroatoms. The van der Waals surface area contributed by atoms with Gasteiger partial charge in [-0.15, -0.1) is 0 Å². The van der Waals surface area contributed by atoms with Gasteiger partial charge in [0, 0.05) is 11.4 Å². The van der Waals surface area contributed by atoms with Gasteiger partial charge in [-0.25, -0.2) is 0 Å². The molecule has 0 aliphatic carbocycles. The van der Waals surface area contributed by atoms with Crippen molar-refractivity contribution in [2.75, 3.05) is 11.5 Å². The van der Waals surface area contributed by atoms with E-state index in [1.165, 1.54) is 0 Å². The zero-order chi connectivity index (χ0) is 14.9. The summed E-state index contributed by atoms with van der Waals surface area (Å²) in [7, 11) is 0. The van der Waals surface area contributed by atoms with E-state index in [1.807, 2.05) is 84.9 Å². The monoisotopic (exact) mass is 278 g/mol. The van der Waals surface area contributed by atoms with E-state index in [4.69, 9.17) is 16.2 Å². The highest BCUT2D eigenvalue weighted by atomic mass is 16.6. The minimum Gasteiger partial charge on any atom is -0.450 e. The molecule has 4 rings (SSSR count). The maximum absolute atomic E-state index is 5.36. The number of nitrogen functional groups attached to an aromatic ring is 2. The molecular weight excluding hydrogens is 260 g/mol. The molecule has 0 spiro atoms. The Balaban J connectivity index is 0.000000115. The van der Waals surface area contributed by atoms with Crippen LogP contribution in [-0.4, -0.2) is 0 Å². The molecule has 1 aliphatic heterocycles. The lowest BCUT2D eigenvalue weighted by molar-refractivity contribution is 0.650. The summed E-state index contributed by atoms with van der Waals surface area (Å²) in [6.07, 6.45) is 0. The number of hydrogen-bond acceptors (Lipinski definition) is 3. The molecule has 1 heterocycles. The number of para-hydroxylation sites is 4. The van der Waals surface area contributed by atoms with Gasteiger partial charge in [0.05, 0.1) is 0 Å². The van der Waals surface area contributed by atoms with Crippen LogP contribution in [0.1, 0.15) is 0 Å². The van der Waals surface area contributed by atoms with E-state index in [0.29, 0.717) is 0 Å². The molecule has 0 radical (unpaired) electrons. The van der Waals surface area contributed by atoms with Crippen LogP contribution in [0.2, 0.25) is 0 Å². The predicted octanol–water partition coefficient (Wildman–Crippen LogP) is 4.33. The Morgan fingerprint density at radius 2 is 0.810 bits per heavy atom. The third-order valence-electron chi connectivity index (χ3n) is 2.63. The molecule has 1 aliphatic rings. The lowest BCUT2D eigenvalue weighted by Gasteiger charge is -1.83. The van der Waals surface area contributed by atoms with Crippen molar-refractivity contribution in [3.63, 3.8) is 0 Å². The van der Waals surface area contributed by atoms with Crippen LogP contribution in [-0.2, 0) is 0 Å². The van der Waals surface area contributed by atoms with Crippen molar-refractivity contribution < 1.29 is 4.74 Å². The van der Waals surface area contributed by atoms with E-state index in [-0.39, 0.29) is 0 Å². The van der Waals surface area contributed by atoms with Gasteiger partial charge in [-0.2, -0.15) is 0 Å². The first-order chi connectivity index (χ1) is 10.3. The first-order valence-electron chi connectivity index (χ1n) is 6.63. The number of benzene rings is 3. The minimum atomic E-state index is 0.822. The maximum atomic E-state index is 5.36. The second-order valence-corrected chi connectivity index (χ2v) is 4.37. The molecular formula is C18H18N2O. The van der Waals surface area contributed by atoms with Crippen molar-refractivity contribution in [2.45, 2.75) is 0 Å². The summed E-state index contributed by atoms with van der Waals surface area (Å²) in [5.41, 5.74) is 12.4. The molecule has 0 unspecified atom stereocenters. The van der Waals surface area contributed by atoms with Crippen molar-refractivity contribution in [2.24, 2.45) is 0 Å². The lowest BCUT2D eigenvalue weighted by Crippen LogP contribution is -1.79. The highest BCUT2D eigenvalue weighted by Crippen LogP contribution is 2.43. The van der Waals surface area contributed by atoms with Gasteiger partial charge in [-0.05, 0) is 36.4 Å². The summed E-state index contributed by atoms with van der Waals surface area (Å²) in [4.78, 5) is 0. The third kappa shape index (κ3) is 5.70. The van der Waals surface area contributed by atoms with Crippen LogP contribution in [0.5, 0.6) is 11.5 Å². The Bertz CT molecular complexity index is 579. The average molecular weight is 278 g/mol. The molecule has 106 valence electrons. The number of ether oxygens (including phenoxy) is 1. The average Bonchev–Trinajstić information content (AvgIpc) is 3.29. The number of nitrogens with two attached hydrogens (primary N) is 2. The fraction of sp³-hybridized carbons (Fsp3) is 0. The number of hydrogen-bond donors (Lipinski definition) is 2. The van der Waals surface area contributed by atoms with Crippen LogP contribution in [0.25, 0.3) is 0 Å². The molecule has 0 saturated heterocycles. The van der Waals surface area contributed by atoms with Crippen LogP contribution >= 0.6 is 0 Å². The molecule has 0 atom stereocenters. The molecule has 3 aromatic rings. The number of rotatable bonds is 0. The predicted molar refractivity (Wildman–Crippen MR) is 88.2 cm³/mol. The molecule has 0 fully saturated rings. The molecule has 4 N–H and O–H groups in total. The third-order valence-corrected chi connectivity index (χ3v) is 2.63. The second-order valence-electron chi connectivity index (χ2n) is 4.37. The largest absolute Gasteiger partial charge is 0.450 e. The van der Waals surface area contributed by atoms with Crippen LogP contribution in [0.3, 0.4) is 0 Å². The smallest absolute Gasteiger partial charge is 0.170 e. The second kappa shape index (κ2) is 7.60. The van der Waals surface area contributed by atoms with Crippen LogP contribution in [0, 0.1) is 0 Å². The maximum Gasteiger partial charge on any atom is 0.170 e. The van der Waals surface area contributed by atoms with Gasteiger partial charge in [0.1, 0.15) is 0 Å². The normalized spacial score (nSPS) is 9.71. The van der Waals surface area contributed by atoms with Crippen LogP contribution in [0.4, 0.5) is 11.4 Å². The Morgan fingerprint density at radius 3 is 1.05 bits per heavy atom. The topological polar surface area (TPSA) is 64.6 Å². The summed E-state index contributed by atoms with van der Waals surface area (Å²) in [6.45, 7) is 0. The number of anilines is 2. The highest BCUT2D eigenvalue weighted by Gasteiger charge is 2.15. The van der Waals surface area contributed by atoms with E-state index in [1.54, 1.807) is 0 Å². The van der Waals surface area contributed by atoms with Crippen molar-refractivity contribution in [3.05, 3.63) is 84.9 Å². The quantitative estimate of drug-likeness (QED) is 0.371. The molecule has 0 bridgehead atoms. The Hall–Kier alpha value is -2.94. The molecule has 0 aromatic heterocycles. The summed E-state index contributed by atoms with van der Waals surface area (Å²) in [6, 6.07) is 26.8. The lowest BCUT2D eigenvalue weighted by atomic mass is 10.3. The molecule has 3 nitrogen and oxygen atoms in total. The fourth-order valence-electron chi connectivity index (χ4n) is 1.52. The van der Waals surface area contributed by atoms with Crippen molar-refractivity contribution in [3.8, 4) is 11.5 Å². The van der Waals surface area contributed by atoms with E-state index < -0.39 is 0 Å². The molecule has 21 heavy (non-hydrogen) atoms. The van der Waals surface area contributed by atoms with E-state index >= 15 is 0 Å². The summed E-state index contributed by atoms with van der Waals surface area (Å²) >= 11 is 0. The SMILES string of the molecule is Nc1ccccc1.Nc1ccccc1.c1ccc2c(c1)O2. The van der Waals surface area contributed by atoms with Gasteiger partial charge in [0.2, 0.25) is 0 Å². The Labute approximate surface area is 124 Å². The first kappa shape index (κ1) is 14.5. The highest BCUT2D eigenvalue weighted by molar-refractivity contribution is 5.53. The van der Waals surface area contributed by atoms with Gasteiger partial charge in [0.15, 0.2) is 11.5 Å². The Morgan fingerprint density at radius 1 is 0.476 bits per heavy atom. The van der Waals surface area contributed by atoms with Crippen LogP contribution < -0.4 is 16.2 Å². The zero-order valence-corrected chi connectivity index (χ0v) is 11.6. The van der Waals surface area contributed by atoms with Gasteiger partial charge in [0.25, 0.3) is 0 Å². The van der Waals surface area contributed by atoms with Gasteiger partial charge >= 0.3 is 0 Å². The van der Waals surface area contributed by atoms with E-state index in [0.717, 1.165) is 22.9 Å². The van der Waals surface area contributed by atoms with E-state index in [9.17, 15) is 0 Å². The Kier molecular flexibility index (Phi) is 5.24. The minimum absolute atomic E-state index is 0.822. The van der Waals surface area contributed by atoms with Gasteiger partial charge in [-0.1, -0.05) is 48.5 Å². The summed E-state index contributed by atoms with van der Waals surface area (Å²) < 4.78 is 4.94. The van der Waals surface area contributed by atoms with Gasteiger partial charge < -0.3 is 16.2 Å². The van der Waals surface area contributed by atoms with E-state index in [2.05, 4.69) is 0 Å². The molecule has 0 amide bonds. The standard InChI is InChI=1S/2C6H7N.C6H4O/c2*7-6-4-2-1-3-5-6;1-2-4-6-5(3-1)7-6/h2*1-5H,7H2;1-4H. The molecule has 3 aromatic carbocycles. The first-order valence-corrected chi connectivity index (χ1v) is 6.63. The molecule has 0 saturated carbocycles. The van der Waals surface area contributed by atoms with Crippen LogP contribution in [0.15, 0.2) is 84.9 Å².